The van der Waals surface area contributed by atoms with E-state index in [0.717, 1.165) is 16.7 Å². The average molecular weight is 367 g/mol. The largest absolute Gasteiger partial charge is 0.322 e. The van der Waals surface area contributed by atoms with E-state index in [2.05, 4.69) is 25.5 Å². The molecule has 1 amide bonds. The normalized spacial score (nSPS) is 10.9. The molecule has 28 heavy (non-hydrogen) atoms. The number of aromatic amines is 1. The minimum Gasteiger partial charge on any atom is -0.322 e. The maximum absolute atomic E-state index is 12.3. The number of benzene rings is 2. The van der Waals surface area contributed by atoms with E-state index in [1.165, 1.54) is 6.08 Å². The molecule has 0 saturated heterocycles. The van der Waals surface area contributed by atoms with Gasteiger partial charge in [0.05, 0.1) is 5.69 Å². The molecule has 0 aliphatic rings. The molecule has 0 spiro atoms. The molecule has 0 aliphatic heterocycles. The highest BCUT2D eigenvalue weighted by Crippen LogP contribution is 2.26. The monoisotopic (exact) mass is 367 g/mol. The van der Waals surface area contributed by atoms with Crippen LogP contribution in [0.1, 0.15) is 5.56 Å². The summed E-state index contributed by atoms with van der Waals surface area (Å²) in [6, 6.07) is 20.9. The van der Waals surface area contributed by atoms with Crippen molar-refractivity contribution in [3.8, 4) is 22.8 Å². The summed E-state index contributed by atoms with van der Waals surface area (Å²) in [6.07, 6.45) is 6.59. The van der Waals surface area contributed by atoms with Crippen LogP contribution in [-0.4, -0.2) is 26.1 Å². The Kier molecular flexibility index (Phi) is 5.02. The molecule has 0 fully saturated rings. The van der Waals surface area contributed by atoms with Crippen molar-refractivity contribution in [2.45, 2.75) is 0 Å². The summed E-state index contributed by atoms with van der Waals surface area (Å²) in [7, 11) is 0. The molecule has 6 nitrogen and oxygen atoms in total. The van der Waals surface area contributed by atoms with E-state index in [9.17, 15) is 4.79 Å². The first-order chi connectivity index (χ1) is 13.8. The number of aromatic nitrogens is 4. The van der Waals surface area contributed by atoms with Gasteiger partial charge < -0.3 is 5.32 Å². The molecule has 0 saturated carbocycles. The van der Waals surface area contributed by atoms with Gasteiger partial charge in [0, 0.05) is 29.6 Å². The molecule has 0 bridgehead atoms. The second-order valence-corrected chi connectivity index (χ2v) is 6.02. The number of nitrogens with zero attached hydrogens (tertiary/aromatic N) is 3. The van der Waals surface area contributed by atoms with Gasteiger partial charge in [-0.1, -0.05) is 42.5 Å². The highest BCUT2D eigenvalue weighted by Gasteiger charge is 2.12. The van der Waals surface area contributed by atoms with Crippen LogP contribution in [0.2, 0.25) is 0 Å². The zero-order chi connectivity index (χ0) is 19.2. The lowest BCUT2D eigenvalue weighted by Gasteiger charge is -2.07. The Balaban J connectivity index is 1.55. The SMILES string of the molecule is O=C(/C=C/c1ccncc1)Nc1ccccc1-c1nc(-c2ccccc2)n[nH]1. The van der Waals surface area contributed by atoms with Gasteiger partial charge in [0.1, 0.15) is 0 Å². The van der Waals surface area contributed by atoms with E-state index in [1.54, 1.807) is 18.5 Å². The summed E-state index contributed by atoms with van der Waals surface area (Å²) in [6.45, 7) is 0. The Morgan fingerprint density at radius 3 is 2.50 bits per heavy atom. The maximum Gasteiger partial charge on any atom is 0.248 e. The van der Waals surface area contributed by atoms with Crippen LogP contribution in [0.15, 0.2) is 85.2 Å². The minimum absolute atomic E-state index is 0.230. The lowest BCUT2D eigenvalue weighted by atomic mass is 10.1. The van der Waals surface area contributed by atoms with E-state index < -0.39 is 0 Å². The number of amides is 1. The number of pyridine rings is 1. The number of nitrogens with one attached hydrogen (secondary N) is 2. The lowest BCUT2D eigenvalue weighted by molar-refractivity contribution is -0.111. The molecular weight excluding hydrogens is 350 g/mol. The van der Waals surface area contributed by atoms with Crippen LogP contribution in [0.5, 0.6) is 0 Å². The lowest BCUT2D eigenvalue weighted by Crippen LogP contribution is -2.09. The van der Waals surface area contributed by atoms with Crippen molar-refractivity contribution in [1.82, 2.24) is 20.2 Å². The molecule has 2 aromatic heterocycles. The molecule has 0 aliphatic carbocycles. The summed E-state index contributed by atoms with van der Waals surface area (Å²) < 4.78 is 0. The second kappa shape index (κ2) is 8.09. The van der Waals surface area contributed by atoms with Gasteiger partial charge in [-0.3, -0.25) is 14.9 Å². The predicted octanol–water partition coefficient (Wildman–Crippen LogP) is 4.19. The molecule has 2 N–H and O–H groups in total. The fourth-order valence-electron chi connectivity index (χ4n) is 2.72. The number of carbonyl (C=O) groups excluding carboxylic acids is 1. The fraction of sp³-hybridized carbons (Fsp3) is 0. The van der Waals surface area contributed by atoms with Crippen LogP contribution in [0.4, 0.5) is 5.69 Å². The molecule has 4 aromatic rings. The highest BCUT2D eigenvalue weighted by molar-refractivity contribution is 6.03. The smallest absolute Gasteiger partial charge is 0.248 e. The van der Waals surface area contributed by atoms with Gasteiger partial charge in [-0.15, -0.1) is 0 Å². The maximum atomic E-state index is 12.3. The van der Waals surface area contributed by atoms with Gasteiger partial charge in [0.25, 0.3) is 0 Å². The number of carbonyl (C=O) groups is 1. The van der Waals surface area contributed by atoms with E-state index in [0.29, 0.717) is 17.3 Å². The molecule has 6 heteroatoms. The van der Waals surface area contributed by atoms with Crippen molar-refractivity contribution >= 4 is 17.7 Å². The van der Waals surface area contributed by atoms with E-state index >= 15 is 0 Å². The molecule has 136 valence electrons. The molecule has 0 atom stereocenters. The first-order valence-electron chi connectivity index (χ1n) is 8.76. The van der Waals surface area contributed by atoms with E-state index in [1.807, 2.05) is 66.7 Å². The number of H-pyrrole nitrogens is 1. The predicted molar refractivity (Wildman–Crippen MR) is 109 cm³/mol. The molecular formula is C22H17N5O. The Bertz CT molecular complexity index is 1100. The summed E-state index contributed by atoms with van der Waals surface area (Å²) in [5.41, 5.74) is 3.25. The fourth-order valence-corrected chi connectivity index (χ4v) is 2.72. The highest BCUT2D eigenvalue weighted by atomic mass is 16.1. The van der Waals surface area contributed by atoms with Gasteiger partial charge in [-0.05, 0) is 35.9 Å². The van der Waals surface area contributed by atoms with Crippen molar-refractivity contribution in [2.75, 3.05) is 5.32 Å². The van der Waals surface area contributed by atoms with Crippen LogP contribution >= 0.6 is 0 Å². The van der Waals surface area contributed by atoms with Gasteiger partial charge in [-0.25, -0.2) is 4.98 Å². The number of rotatable bonds is 5. The molecule has 2 aromatic carbocycles. The van der Waals surface area contributed by atoms with Crippen LogP contribution in [0.3, 0.4) is 0 Å². The third-order valence-electron chi connectivity index (χ3n) is 4.09. The summed E-state index contributed by atoms with van der Waals surface area (Å²) >= 11 is 0. The van der Waals surface area contributed by atoms with Gasteiger partial charge in [-0.2, -0.15) is 5.10 Å². The van der Waals surface area contributed by atoms with Crippen molar-refractivity contribution < 1.29 is 4.79 Å². The van der Waals surface area contributed by atoms with Crippen molar-refractivity contribution in [3.63, 3.8) is 0 Å². The van der Waals surface area contributed by atoms with Crippen molar-refractivity contribution in [2.24, 2.45) is 0 Å². The van der Waals surface area contributed by atoms with E-state index in [4.69, 9.17) is 0 Å². The average Bonchev–Trinajstić information content (AvgIpc) is 3.24. The Hall–Kier alpha value is -4.06. The first-order valence-corrected chi connectivity index (χ1v) is 8.76. The summed E-state index contributed by atoms with van der Waals surface area (Å²) in [4.78, 5) is 20.9. The molecule has 0 radical (unpaired) electrons. The van der Waals surface area contributed by atoms with Crippen molar-refractivity contribution in [3.05, 3.63) is 90.8 Å². The van der Waals surface area contributed by atoms with Crippen molar-refractivity contribution in [1.29, 1.82) is 0 Å². The third kappa shape index (κ3) is 4.02. The number of hydrogen-bond acceptors (Lipinski definition) is 4. The second-order valence-electron chi connectivity index (χ2n) is 6.02. The number of hydrogen-bond donors (Lipinski definition) is 2. The summed E-state index contributed by atoms with van der Waals surface area (Å²) in [5, 5.41) is 10.1. The van der Waals surface area contributed by atoms with Crippen LogP contribution in [0, 0.1) is 0 Å². The zero-order valence-electron chi connectivity index (χ0n) is 14.9. The topological polar surface area (TPSA) is 83.6 Å². The molecule has 4 rings (SSSR count). The third-order valence-corrected chi connectivity index (χ3v) is 4.09. The molecule has 0 unspecified atom stereocenters. The van der Waals surface area contributed by atoms with Gasteiger partial charge >= 0.3 is 0 Å². The zero-order valence-corrected chi connectivity index (χ0v) is 14.9. The van der Waals surface area contributed by atoms with E-state index in [-0.39, 0.29) is 5.91 Å². The first kappa shape index (κ1) is 17.4. The Morgan fingerprint density at radius 1 is 0.929 bits per heavy atom. The Morgan fingerprint density at radius 2 is 1.68 bits per heavy atom. The van der Waals surface area contributed by atoms with Gasteiger partial charge in [0.2, 0.25) is 5.91 Å². The Labute approximate surface area is 162 Å². The minimum atomic E-state index is -0.230. The van der Waals surface area contributed by atoms with Crippen LogP contribution in [0.25, 0.3) is 28.9 Å². The molecule has 2 heterocycles. The van der Waals surface area contributed by atoms with Crippen LogP contribution in [-0.2, 0) is 4.79 Å². The number of para-hydroxylation sites is 1. The standard InChI is InChI=1S/C22H17N5O/c28-20(11-10-16-12-14-23-15-13-16)24-19-9-5-4-8-18(19)22-25-21(26-27-22)17-6-2-1-3-7-17/h1-15H,(H,24,28)(H,25,26,27)/b11-10+. The number of anilines is 1. The van der Waals surface area contributed by atoms with Gasteiger partial charge in [0.15, 0.2) is 11.6 Å². The van der Waals surface area contributed by atoms with Crippen LogP contribution < -0.4 is 5.32 Å². The quantitative estimate of drug-likeness (QED) is 0.518. The summed E-state index contributed by atoms with van der Waals surface area (Å²) in [5.74, 6) is 0.967.